The van der Waals surface area contributed by atoms with Gasteiger partial charge in [0, 0.05) is 10.5 Å². The van der Waals surface area contributed by atoms with E-state index in [1.807, 2.05) is 22.8 Å². The second-order valence-corrected chi connectivity index (χ2v) is 8.49. The van der Waals surface area contributed by atoms with E-state index in [4.69, 9.17) is 11.6 Å². The van der Waals surface area contributed by atoms with Crippen LogP contribution in [0.1, 0.15) is 24.7 Å². The zero-order valence-electron chi connectivity index (χ0n) is 10.7. The maximum absolute atomic E-state index is 11.9. The Hall–Kier alpha value is -0.590. The van der Waals surface area contributed by atoms with Crippen molar-refractivity contribution < 1.29 is 8.42 Å². The standard InChI is InChI=1S/C13H14BrClN2O2S/c14-9-3-4-11-12(6-9)17(13(7-15)16-11)10-2-1-5-20(18,19)8-10/h3-4,6,10H,1-2,5,7-8H2. The first-order chi connectivity index (χ1) is 9.50. The van der Waals surface area contributed by atoms with Crippen LogP contribution in [0.3, 0.4) is 0 Å². The van der Waals surface area contributed by atoms with Crippen molar-refractivity contribution in [1.82, 2.24) is 9.55 Å². The van der Waals surface area contributed by atoms with Gasteiger partial charge in [-0.3, -0.25) is 0 Å². The Morgan fingerprint density at radius 2 is 2.25 bits per heavy atom. The molecular weight excluding hydrogens is 364 g/mol. The van der Waals surface area contributed by atoms with E-state index in [1.54, 1.807) is 0 Å². The summed E-state index contributed by atoms with van der Waals surface area (Å²) >= 11 is 9.44. The van der Waals surface area contributed by atoms with E-state index in [0.29, 0.717) is 6.42 Å². The average molecular weight is 378 g/mol. The number of halogens is 2. The quantitative estimate of drug-likeness (QED) is 0.755. The molecule has 2 heterocycles. The Kier molecular flexibility index (Phi) is 3.81. The van der Waals surface area contributed by atoms with E-state index >= 15 is 0 Å². The van der Waals surface area contributed by atoms with Gasteiger partial charge in [0.1, 0.15) is 5.82 Å². The topological polar surface area (TPSA) is 52.0 Å². The summed E-state index contributed by atoms with van der Waals surface area (Å²) in [4.78, 5) is 4.51. The molecule has 1 aliphatic heterocycles. The van der Waals surface area contributed by atoms with Gasteiger partial charge < -0.3 is 4.57 Å². The number of imidazole rings is 1. The molecule has 1 aromatic carbocycles. The zero-order chi connectivity index (χ0) is 14.3. The van der Waals surface area contributed by atoms with Crippen LogP contribution in [0.4, 0.5) is 0 Å². The fourth-order valence-electron chi connectivity index (χ4n) is 2.82. The lowest BCUT2D eigenvalue weighted by Crippen LogP contribution is -2.28. The Morgan fingerprint density at radius 3 is 2.95 bits per heavy atom. The Bertz CT molecular complexity index is 757. The molecule has 1 aromatic heterocycles. The first-order valence-electron chi connectivity index (χ1n) is 6.43. The summed E-state index contributed by atoms with van der Waals surface area (Å²) in [6, 6.07) is 5.75. The maximum atomic E-state index is 11.9. The lowest BCUT2D eigenvalue weighted by Gasteiger charge is -2.25. The van der Waals surface area contributed by atoms with Gasteiger partial charge in [0.15, 0.2) is 9.84 Å². The van der Waals surface area contributed by atoms with Gasteiger partial charge in [0.05, 0.1) is 28.4 Å². The van der Waals surface area contributed by atoms with Crippen LogP contribution in [0.2, 0.25) is 0 Å². The first-order valence-corrected chi connectivity index (χ1v) is 9.58. The number of rotatable bonds is 2. The number of aromatic nitrogens is 2. The van der Waals surface area contributed by atoms with Gasteiger partial charge in [-0.25, -0.2) is 13.4 Å². The van der Waals surface area contributed by atoms with Crippen LogP contribution in [0, 0.1) is 0 Å². The van der Waals surface area contributed by atoms with Crippen molar-refractivity contribution in [3.63, 3.8) is 0 Å². The molecule has 2 aromatic rings. The van der Waals surface area contributed by atoms with Crippen molar-refractivity contribution >= 4 is 48.4 Å². The van der Waals surface area contributed by atoms with E-state index in [2.05, 4.69) is 20.9 Å². The molecule has 20 heavy (non-hydrogen) atoms. The number of sulfone groups is 1. The summed E-state index contributed by atoms with van der Waals surface area (Å²) in [7, 11) is -2.97. The molecule has 1 atom stereocenters. The van der Waals surface area contributed by atoms with Crippen molar-refractivity contribution in [2.75, 3.05) is 11.5 Å². The lowest BCUT2D eigenvalue weighted by atomic mass is 10.1. The van der Waals surface area contributed by atoms with Crippen LogP contribution in [0.25, 0.3) is 11.0 Å². The second-order valence-electron chi connectivity index (χ2n) is 5.08. The lowest BCUT2D eigenvalue weighted by molar-refractivity contribution is 0.471. The molecule has 1 saturated heterocycles. The third-order valence-electron chi connectivity index (χ3n) is 3.65. The molecule has 1 aliphatic rings. The number of fused-ring (bicyclic) bond motifs is 1. The highest BCUT2D eigenvalue weighted by Crippen LogP contribution is 2.30. The molecule has 0 saturated carbocycles. The molecule has 7 heteroatoms. The fraction of sp³-hybridized carbons (Fsp3) is 0.462. The summed E-state index contributed by atoms with van der Waals surface area (Å²) < 4.78 is 26.7. The minimum absolute atomic E-state index is 0.0678. The second kappa shape index (κ2) is 5.31. The number of hydrogen-bond donors (Lipinski definition) is 0. The van der Waals surface area contributed by atoms with E-state index in [9.17, 15) is 8.42 Å². The summed E-state index contributed by atoms with van der Waals surface area (Å²) in [6.07, 6.45) is 1.55. The molecule has 0 aliphatic carbocycles. The molecule has 3 rings (SSSR count). The van der Waals surface area contributed by atoms with Gasteiger partial charge in [0.2, 0.25) is 0 Å². The molecule has 0 amide bonds. The predicted octanol–water partition coefficient (Wildman–Crippen LogP) is 3.29. The Balaban J connectivity index is 2.16. The maximum Gasteiger partial charge on any atom is 0.152 e. The number of hydrogen-bond acceptors (Lipinski definition) is 3. The van der Waals surface area contributed by atoms with Gasteiger partial charge in [-0.2, -0.15) is 0 Å². The van der Waals surface area contributed by atoms with Crippen LogP contribution >= 0.6 is 27.5 Å². The van der Waals surface area contributed by atoms with Gasteiger partial charge in [0.25, 0.3) is 0 Å². The van der Waals surface area contributed by atoms with Gasteiger partial charge in [-0.1, -0.05) is 15.9 Å². The molecule has 1 unspecified atom stereocenters. The molecule has 1 fully saturated rings. The zero-order valence-corrected chi connectivity index (χ0v) is 13.9. The van der Waals surface area contributed by atoms with Crippen molar-refractivity contribution in [2.45, 2.75) is 24.8 Å². The number of benzene rings is 1. The summed E-state index contributed by atoms with van der Waals surface area (Å²) in [5.74, 6) is 1.48. The first kappa shape index (κ1) is 14.4. The van der Waals surface area contributed by atoms with Crippen molar-refractivity contribution in [3.8, 4) is 0 Å². The van der Waals surface area contributed by atoms with E-state index in [1.165, 1.54) is 0 Å². The third kappa shape index (κ3) is 2.61. The Morgan fingerprint density at radius 1 is 1.45 bits per heavy atom. The number of nitrogens with zero attached hydrogens (tertiary/aromatic N) is 2. The number of alkyl halides is 1. The van der Waals surface area contributed by atoms with E-state index < -0.39 is 9.84 Å². The third-order valence-corrected chi connectivity index (χ3v) is 6.18. The molecule has 0 spiro atoms. The molecule has 108 valence electrons. The Labute approximate surface area is 131 Å². The van der Waals surface area contributed by atoms with Crippen molar-refractivity contribution in [2.24, 2.45) is 0 Å². The molecule has 0 radical (unpaired) electrons. The van der Waals surface area contributed by atoms with Crippen LogP contribution in [-0.4, -0.2) is 29.5 Å². The van der Waals surface area contributed by atoms with Crippen LogP contribution < -0.4 is 0 Å². The minimum atomic E-state index is -2.97. The minimum Gasteiger partial charge on any atom is -0.323 e. The van der Waals surface area contributed by atoms with E-state index in [0.717, 1.165) is 27.8 Å². The highest BCUT2D eigenvalue weighted by Gasteiger charge is 2.28. The summed E-state index contributed by atoms with van der Waals surface area (Å²) in [5, 5.41) is 0. The summed E-state index contributed by atoms with van der Waals surface area (Å²) in [5.41, 5.74) is 1.80. The van der Waals surface area contributed by atoms with Crippen LogP contribution in [0.15, 0.2) is 22.7 Å². The van der Waals surface area contributed by atoms with Crippen LogP contribution in [0.5, 0.6) is 0 Å². The largest absolute Gasteiger partial charge is 0.323 e. The SMILES string of the molecule is O=S1(=O)CCCC(n2c(CCl)nc3ccc(Br)cc32)C1. The molecular formula is C13H14BrClN2O2S. The van der Waals surface area contributed by atoms with Gasteiger partial charge in [-0.05, 0) is 31.0 Å². The van der Waals surface area contributed by atoms with Gasteiger partial charge >= 0.3 is 0 Å². The highest BCUT2D eigenvalue weighted by atomic mass is 79.9. The van der Waals surface area contributed by atoms with Crippen LogP contribution in [-0.2, 0) is 15.7 Å². The molecule has 0 bridgehead atoms. The highest BCUT2D eigenvalue weighted by molar-refractivity contribution is 9.10. The molecule has 4 nitrogen and oxygen atoms in total. The molecule has 0 N–H and O–H groups in total. The predicted molar refractivity (Wildman–Crippen MR) is 83.9 cm³/mol. The summed E-state index contributed by atoms with van der Waals surface area (Å²) in [6.45, 7) is 0. The fourth-order valence-corrected chi connectivity index (χ4v) is 5.03. The van der Waals surface area contributed by atoms with Gasteiger partial charge in [-0.15, -0.1) is 11.6 Å². The average Bonchev–Trinajstić information content (AvgIpc) is 2.75. The normalized spacial score (nSPS) is 22.2. The van der Waals surface area contributed by atoms with Crippen molar-refractivity contribution in [1.29, 1.82) is 0 Å². The van der Waals surface area contributed by atoms with Crippen molar-refractivity contribution in [3.05, 3.63) is 28.5 Å². The monoisotopic (exact) mass is 376 g/mol. The van der Waals surface area contributed by atoms with E-state index in [-0.39, 0.29) is 23.4 Å². The smallest absolute Gasteiger partial charge is 0.152 e.